The van der Waals surface area contributed by atoms with Gasteiger partial charge < -0.3 is 9.67 Å². The monoisotopic (exact) mass is 305 g/mol. The average molecular weight is 305 g/mol. The van der Waals surface area contributed by atoms with Gasteiger partial charge in [0, 0.05) is 13.0 Å². The number of thioether (sulfide) groups is 1. The van der Waals surface area contributed by atoms with Gasteiger partial charge >= 0.3 is 5.97 Å². The molecule has 1 N–H and O–H groups in total. The van der Waals surface area contributed by atoms with Crippen LogP contribution in [-0.2, 0) is 17.8 Å². The lowest BCUT2D eigenvalue weighted by atomic mass is 10.1. The summed E-state index contributed by atoms with van der Waals surface area (Å²) in [6.07, 6.45) is 2.82. The maximum Gasteiger partial charge on any atom is 0.313 e. The van der Waals surface area contributed by atoms with E-state index in [2.05, 4.69) is 29.3 Å². The number of carboxylic acid groups (broad SMARTS) is 1. The Kier molecular flexibility index (Phi) is 5.80. The molecular weight excluding hydrogens is 286 g/mol. The largest absolute Gasteiger partial charge is 0.481 e. The molecule has 0 aliphatic carbocycles. The Hall–Kier alpha value is -1.82. The maximum absolute atomic E-state index is 10.7. The van der Waals surface area contributed by atoms with Gasteiger partial charge in [-0.1, -0.05) is 55.4 Å². The normalized spacial score (nSPS) is 10.7. The van der Waals surface area contributed by atoms with Crippen LogP contribution in [-0.4, -0.2) is 31.6 Å². The lowest BCUT2D eigenvalue weighted by Crippen LogP contribution is -2.07. The zero-order chi connectivity index (χ0) is 15.1. The number of hydrogen-bond donors (Lipinski definition) is 1. The van der Waals surface area contributed by atoms with Gasteiger partial charge in [0.05, 0.1) is 5.75 Å². The Morgan fingerprint density at radius 1 is 1.29 bits per heavy atom. The van der Waals surface area contributed by atoms with E-state index in [-0.39, 0.29) is 5.75 Å². The van der Waals surface area contributed by atoms with Gasteiger partial charge in [-0.25, -0.2) is 0 Å². The van der Waals surface area contributed by atoms with E-state index in [1.54, 1.807) is 0 Å². The molecule has 2 rings (SSSR count). The zero-order valence-electron chi connectivity index (χ0n) is 12.0. The predicted molar refractivity (Wildman–Crippen MR) is 82.5 cm³/mol. The Morgan fingerprint density at radius 3 is 2.71 bits per heavy atom. The van der Waals surface area contributed by atoms with Crippen LogP contribution in [0.5, 0.6) is 0 Å². The number of rotatable bonds is 8. The first-order chi connectivity index (χ1) is 10.2. The van der Waals surface area contributed by atoms with Crippen LogP contribution in [0.3, 0.4) is 0 Å². The Balaban J connectivity index is 2.17. The van der Waals surface area contributed by atoms with Crippen LogP contribution in [0.4, 0.5) is 0 Å². The predicted octanol–water partition coefficient (Wildman–Crippen LogP) is 2.85. The maximum atomic E-state index is 10.7. The number of aliphatic carboxylic acids is 1. The Bertz CT molecular complexity index is 584. The van der Waals surface area contributed by atoms with Gasteiger partial charge in [-0.05, 0) is 12.0 Å². The number of benzene rings is 1. The summed E-state index contributed by atoms with van der Waals surface area (Å²) in [5.41, 5.74) is 1.18. The molecule has 21 heavy (non-hydrogen) atoms. The smallest absolute Gasteiger partial charge is 0.313 e. The van der Waals surface area contributed by atoms with Crippen molar-refractivity contribution in [2.45, 2.75) is 37.9 Å². The van der Waals surface area contributed by atoms with E-state index < -0.39 is 5.97 Å². The molecule has 0 aliphatic rings. The third-order valence-corrected chi connectivity index (χ3v) is 4.01. The van der Waals surface area contributed by atoms with Crippen LogP contribution in [0.15, 0.2) is 35.5 Å². The summed E-state index contributed by atoms with van der Waals surface area (Å²) < 4.78 is 2.05. The fourth-order valence-corrected chi connectivity index (χ4v) is 2.71. The summed E-state index contributed by atoms with van der Waals surface area (Å²) in [5, 5.41) is 17.9. The van der Waals surface area contributed by atoms with Crippen molar-refractivity contribution in [2.24, 2.45) is 0 Å². The number of unbranched alkanes of at least 4 members (excludes halogenated alkanes) is 1. The Morgan fingerprint density at radius 2 is 2.05 bits per heavy atom. The summed E-state index contributed by atoms with van der Waals surface area (Å²) in [6, 6.07) is 10.1. The quantitative estimate of drug-likeness (QED) is 0.760. The molecule has 0 saturated carbocycles. The number of hydrogen-bond acceptors (Lipinski definition) is 4. The van der Waals surface area contributed by atoms with E-state index in [0.29, 0.717) is 11.6 Å². The second-order valence-electron chi connectivity index (χ2n) is 4.75. The standard InChI is InChI=1S/C15H19N3O2S/c1-2-3-9-18-13(10-12-7-5-4-6-8-12)16-17-15(18)21-11-14(19)20/h4-8H,2-3,9-11H2,1H3,(H,19,20). The molecule has 0 fully saturated rings. The zero-order valence-corrected chi connectivity index (χ0v) is 12.8. The molecule has 0 saturated heterocycles. The van der Waals surface area contributed by atoms with Crippen molar-refractivity contribution in [3.63, 3.8) is 0 Å². The number of carbonyl (C=O) groups is 1. The molecule has 0 unspecified atom stereocenters. The second-order valence-corrected chi connectivity index (χ2v) is 5.69. The molecule has 0 amide bonds. The van der Waals surface area contributed by atoms with Crippen LogP contribution in [0, 0.1) is 0 Å². The van der Waals surface area contributed by atoms with Gasteiger partial charge in [0.1, 0.15) is 5.82 Å². The lowest BCUT2D eigenvalue weighted by molar-refractivity contribution is -0.133. The summed E-state index contributed by atoms with van der Waals surface area (Å²) in [4.78, 5) is 10.7. The van der Waals surface area contributed by atoms with Crippen molar-refractivity contribution in [2.75, 3.05) is 5.75 Å². The van der Waals surface area contributed by atoms with Crippen LogP contribution >= 0.6 is 11.8 Å². The topological polar surface area (TPSA) is 68.0 Å². The minimum absolute atomic E-state index is 0.00952. The minimum atomic E-state index is -0.838. The minimum Gasteiger partial charge on any atom is -0.481 e. The van der Waals surface area contributed by atoms with Gasteiger partial charge in [0.2, 0.25) is 0 Å². The molecule has 2 aromatic rings. The molecule has 0 atom stereocenters. The van der Waals surface area contributed by atoms with Gasteiger partial charge in [-0.15, -0.1) is 10.2 Å². The molecular formula is C15H19N3O2S. The van der Waals surface area contributed by atoms with Crippen molar-refractivity contribution < 1.29 is 9.90 Å². The van der Waals surface area contributed by atoms with Crippen molar-refractivity contribution in [3.05, 3.63) is 41.7 Å². The van der Waals surface area contributed by atoms with E-state index in [4.69, 9.17) is 5.11 Å². The number of carboxylic acids is 1. The van der Waals surface area contributed by atoms with Gasteiger partial charge in [0.25, 0.3) is 0 Å². The molecule has 0 aliphatic heterocycles. The lowest BCUT2D eigenvalue weighted by Gasteiger charge is -2.09. The summed E-state index contributed by atoms with van der Waals surface area (Å²) >= 11 is 1.23. The highest BCUT2D eigenvalue weighted by Crippen LogP contribution is 2.19. The fraction of sp³-hybridized carbons (Fsp3) is 0.400. The molecule has 0 bridgehead atoms. The number of nitrogens with zero attached hydrogens (tertiary/aromatic N) is 3. The first-order valence-electron chi connectivity index (χ1n) is 7.01. The summed E-state index contributed by atoms with van der Waals surface area (Å²) in [6.45, 7) is 2.96. The third kappa shape index (κ3) is 4.60. The van der Waals surface area contributed by atoms with E-state index in [1.807, 2.05) is 22.8 Å². The van der Waals surface area contributed by atoms with Crippen molar-refractivity contribution in [1.29, 1.82) is 0 Å². The summed E-state index contributed by atoms with van der Waals surface area (Å²) in [7, 11) is 0. The highest BCUT2D eigenvalue weighted by molar-refractivity contribution is 7.99. The molecule has 0 radical (unpaired) electrons. The third-order valence-electron chi connectivity index (χ3n) is 3.06. The molecule has 1 aromatic carbocycles. The highest BCUT2D eigenvalue weighted by atomic mass is 32.2. The van der Waals surface area contributed by atoms with Crippen LogP contribution in [0.2, 0.25) is 0 Å². The molecule has 112 valence electrons. The molecule has 6 heteroatoms. The SMILES string of the molecule is CCCCn1c(Cc2ccccc2)nnc1SCC(=O)O. The summed E-state index contributed by atoms with van der Waals surface area (Å²) in [5.74, 6) is 0.0625. The van der Waals surface area contributed by atoms with Crippen molar-refractivity contribution in [1.82, 2.24) is 14.8 Å². The van der Waals surface area contributed by atoms with E-state index >= 15 is 0 Å². The highest BCUT2D eigenvalue weighted by Gasteiger charge is 2.13. The fourth-order valence-electron chi connectivity index (χ4n) is 2.00. The van der Waals surface area contributed by atoms with Crippen LogP contribution < -0.4 is 0 Å². The van der Waals surface area contributed by atoms with E-state index in [1.165, 1.54) is 17.3 Å². The Labute approximate surface area is 128 Å². The van der Waals surface area contributed by atoms with Gasteiger partial charge in [-0.2, -0.15) is 0 Å². The first-order valence-corrected chi connectivity index (χ1v) is 8.00. The molecule has 0 spiro atoms. The van der Waals surface area contributed by atoms with Gasteiger partial charge in [-0.3, -0.25) is 4.79 Å². The average Bonchev–Trinajstić information content (AvgIpc) is 2.86. The molecule has 1 aromatic heterocycles. The van der Waals surface area contributed by atoms with Crippen molar-refractivity contribution >= 4 is 17.7 Å². The van der Waals surface area contributed by atoms with Crippen LogP contribution in [0.1, 0.15) is 31.2 Å². The number of aromatic nitrogens is 3. The van der Waals surface area contributed by atoms with Gasteiger partial charge in [0.15, 0.2) is 5.16 Å². The van der Waals surface area contributed by atoms with E-state index in [0.717, 1.165) is 25.2 Å². The van der Waals surface area contributed by atoms with E-state index in [9.17, 15) is 4.79 Å². The van der Waals surface area contributed by atoms with Crippen molar-refractivity contribution in [3.8, 4) is 0 Å². The first kappa shape index (κ1) is 15.6. The molecule has 1 heterocycles. The van der Waals surface area contributed by atoms with Crippen LogP contribution in [0.25, 0.3) is 0 Å². The molecule has 5 nitrogen and oxygen atoms in total. The second kappa shape index (κ2) is 7.83.